The number of hydrogen-bond acceptors (Lipinski definition) is 6. The average molecular weight is 484 g/mol. The van der Waals surface area contributed by atoms with Crippen molar-refractivity contribution in [2.75, 3.05) is 18.1 Å². The number of carbonyl (C=O) groups is 3. The summed E-state index contributed by atoms with van der Waals surface area (Å²) in [5.74, 6) is -2.39. The Morgan fingerprint density at radius 2 is 1.86 bits per heavy atom. The Morgan fingerprint density at radius 3 is 2.52 bits per heavy atom. The number of halogens is 1. The molecular weight excluding hydrogens is 470 g/mol. The van der Waals surface area contributed by atoms with Gasteiger partial charge in [-0.15, -0.1) is 4.83 Å². The largest absolute Gasteiger partial charge is 0.482 e. The van der Waals surface area contributed by atoms with Crippen molar-refractivity contribution in [1.29, 1.82) is 0 Å². The number of sulfonamides is 1. The predicted molar refractivity (Wildman–Crippen MR) is 104 cm³/mol. The fourth-order valence-corrected chi connectivity index (χ4v) is 3.63. The van der Waals surface area contributed by atoms with E-state index in [-0.39, 0.29) is 28.5 Å². The van der Waals surface area contributed by atoms with E-state index in [1.54, 1.807) is 12.1 Å². The zero-order chi connectivity index (χ0) is 21.2. The lowest BCUT2D eigenvalue weighted by Crippen LogP contribution is -2.43. The number of benzene rings is 2. The molecule has 2 amide bonds. The van der Waals surface area contributed by atoms with Crippen molar-refractivity contribution in [2.24, 2.45) is 0 Å². The van der Waals surface area contributed by atoms with Crippen molar-refractivity contribution in [3.05, 3.63) is 52.5 Å². The van der Waals surface area contributed by atoms with Crippen molar-refractivity contribution in [2.45, 2.75) is 4.90 Å². The first-order chi connectivity index (χ1) is 13.7. The molecule has 10 nitrogen and oxygen atoms in total. The van der Waals surface area contributed by atoms with E-state index >= 15 is 0 Å². The highest BCUT2D eigenvalue weighted by Gasteiger charge is 2.29. The van der Waals surface area contributed by atoms with Crippen molar-refractivity contribution in [3.8, 4) is 5.75 Å². The third kappa shape index (κ3) is 4.72. The quantitative estimate of drug-likeness (QED) is 0.517. The van der Waals surface area contributed by atoms with E-state index in [9.17, 15) is 22.8 Å². The van der Waals surface area contributed by atoms with Gasteiger partial charge >= 0.3 is 5.97 Å². The molecule has 0 unspecified atom stereocenters. The zero-order valence-corrected chi connectivity index (χ0v) is 17.0. The third-order valence-corrected chi connectivity index (χ3v) is 5.66. The number of aliphatic carboxylic acids is 1. The number of nitrogens with zero attached hydrogens (tertiary/aromatic N) is 1. The molecule has 0 spiro atoms. The summed E-state index contributed by atoms with van der Waals surface area (Å²) in [6.07, 6.45) is 0. The number of anilines is 1. The van der Waals surface area contributed by atoms with Crippen molar-refractivity contribution >= 4 is 49.4 Å². The molecule has 152 valence electrons. The molecule has 2 aromatic carbocycles. The number of hydrogen-bond donors (Lipinski definition) is 3. The highest BCUT2D eigenvalue weighted by Crippen LogP contribution is 2.34. The first-order valence-electron chi connectivity index (χ1n) is 8.04. The van der Waals surface area contributed by atoms with Crippen molar-refractivity contribution in [1.82, 2.24) is 10.3 Å². The number of carboxylic acid groups (broad SMARTS) is 1. The van der Waals surface area contributed by atoms with Crippen LogP contribution in [0.3, 0.4) is 0 Å². The molecule has 0 radical (unpaired) electrons. The first-order valence-corrected chi connectivity index (χ1v) is 10.3. The second kappa shape index (κ2) is 8.19. The van der Waals surface area contributed by atoms with Gasteiger partial charge in [-0.25, -0.2) is 8.42 Å². The molecule has 0 bridgehead atoms. The van der Waals surface area contributed by atoms with Crippen LogP contribution < -0.4 is 19.9 Å². The Kier molecular flexibility index (Phi) is 5.86. The Bertz CT molecular complexity index is 1090. The zero-order valence-electron chi connectivity index (χ0n) is 14.6. The van der Waals surface area contributed by atoms with Crippen molar-refractivity contribution in [3.63, 3.8) is 0 Å². The summed E-state index contributed by atoms with van der Waals surface area (Å²) in [7, 11) is -4.21. The van der Waals surface area contributed by atoms with Gasteiger partial charge in [-0.1, -0.05) is 15.9 Å². The fourth-order valence-electron chi connectivity index (χ4n) is 2.50. The van der Waals surface area contributed by atoms with Crippen LogP contribution in [0, 0.1) is 0 Å². The van der Waals surface area contributed by atoms with Gasteiger partial charge in [-0.3, -0.25) is 24.7 Å². The molecular formula is C17H14BrN3O7S. The van der Waals surface area contributed by atoms with Gasteiger partial charge in [0.25, 0.3) is 21.8 Å². The molecule has 12 heteroatoms. The van der Waals surface area contributed by atoms with Crippen LogP contribution >= 0.6 is 15.9 Å². The first kappa shape index (κ1) is 20.8. The minimum Gasteiger partial charge on any atom is -0.482 e. The van der Waals surface area contributed by atoms with Gasteiger partial charge in [-0.2, -0.15) is 0 Å². The number of amides is 2. The number of carboxylic acids is 1. The van der Waals surface area contributed by atoms with Gasteiger partial charge in [0.05, 0.1) is 10.6 Å². The van der Waals surface area contributed by atoms with Gasteiger partial charge in [0.2, 0.25) is 0 Å². The molecule has 0 aliphatic carbocycles. The summed E-state index contributed by atoms with van der Waals surface area (Å²) in [6, 6.07) is 9.87. The number of carbonyl (C=O) groups excluding carboxylic acids is 2. The van der Waals surface area contributed by atoms with E-state index in [1.165, 1.54) is 24.3 Å². The van der Waals surface area contributed by atoms with E-state index in [4.69, 9.17) is 9.84 Å². The summed E-state index contributed by atoms with van der Waals surface area (Å²) in [6.45, 7) is -1.000. The summed E-state index contributed by atoms with van der Waals surface area (Å²) in [5.41, 5.74) is 2.33. The number of nitrogens with one attached hydrogen (secondary N) is 2. The predicted octanol–water partition coefficient (Wildman–Crippen LogP) is 0.882. The third-order valence-electron chi connectivity index (χ3n) is 3.88. The van der Waals surface area contributed by atoms with Crippen LogP contribution in [0.2, 0.25) is 0 Å². The van der Waals surface area contributed by atoms with E-state index in [1.807, 2.05) is 4.83 Å². The standard InChI is InChI=1S/C17H14BrN3O7S/c18-11-3-1-10(2-4-11)17(25)19-20-29(26,27)12-5-6-14-13(7-12)21(8-16(23)24)15(22)9-28-14/h1-7,20H,8-9H2,(H,19,25)(H,23,24). The number of fused-ring (bicyclic) bond motifs is 1. The lowest BCUT2D eigenvalue weighted by Gasteiger charge is -2.28. The van der Waals surface area contributed by atoms with E-state index in [0.29, 0.717) is 0 Å². The van der Waals surface area contributed by atoms with Gasteiger partial charge in [0, 0.05) is 10.0 Å². The van der Waals surface area contributed by atoms with Crippen LogP contribution in [-0.4, -0.2) is 44.5 Å². The molecule has 0 saturated carbocycles. The normalized spacial score (nSPS) is 13.4. The minimum absolute atomic E-state index is 0.00533. The second-order valence-electron chi connectivity index (χ2n) is 5.86. The Morgan fingerprint density at radius 1 is 1.17 bits per heavy atom. The molecule has 3 N–H and O–H groups in total. The highest BCUT2D eigenvalue weighted by atomic mass is 79.9. The fraction of sp³-hybridized carbons (Fsp3) is 0.118. The van der Waals surface area contributed by atoms with E-state index < -0.39 is 34.4 Å². The van der Waals surface area contributed by atoms with Crippen LogP contribution in [0.25, 0.3) is 0 Å². The molecule has 0 aromatic heterocycles. The molecule has 0 atom stereocenters. The number of rotatable bonds is 6. The lowest BCUT2D eigenvalue weighted by molar-refractivity contribution is -0.137. The van der Waals surface area contributed by atoms with Crippen LogP contribution in [0.1, 0.15) is 10.4 Å². The Hall–Kier alpha value is -2.96. The molecule has 29 heavy (non-hydrogen) atoms. The molecule has 1 heterocycles. The smallest absolute Gasteiger partial charge is 0.323 e. The SMILES string of the molecule is O=C(O)CN1C(=O)COc2ccc(S(=O)(=O)NNC(=O)c3ccc(Br)cc3)cc21. The van der Waals surface area contributed by atoms with E-state index in [0.717, 1.165) is 15.4 Å². The lowest BCUT2D eigenvalue weighted by atomic mass is 10.2. The summed E-state index contributed by atoms with van der Waals surface area (Å²) < 4.78 is 31.0. The van der Waals surface area contributed by atoms with Gasteiger partial charge in [0.15, 0.2) is 6.61 Å². The monoisotopic (exact) mass is 483 g/mol. The maximum Gasteiger partial charge on any atom is 0.323 e. The number of ether oxygens (including phenoxy) is 1. The summed E-state index contributed by atoms with van der Waals surface area (Å²) in [5, 5.41) is 8.99. The van der Waals surface area contributed by atoms with Crippen LogP contribution in [0.15, 0.2) is 51.8 Å². The Balaban J connectivity index is 1.81. The maximum atomic E-state index is 12.5. The van der Waals surface area contributed by atoms with Gasteiger partial charge in [-0.05, 0) is 42.5 Å². The molecule has 1 aliphatic heterocycles. The van der Waals surface area contributed by atoms with Crippen molar-refractivity contribution < 1.29 is 32.6 Å². The number of hydrazine groups is 1. The van der Waals surface area contributed by atoms with Crippen LogP contribution in [0.5, 0.6) is 5.75 Å². The molecule has 1 aliphatic rings. The molecule has 3 rings (SSSR count). The van der Waals surface area contributed by atoms with Crippen LogP contribution in [-0.2, 0) is 19.6 Å². The van der Waals surface area contributed by atoms with Gasteiger partial charge in [0.1, 0.15) is 12.3 Å². The summed E-state index contributed by atoms with van der Waals surface area (Å²) >= 11 is 3.23. The molecule has 0 saturated heterocycles. The minimum atomic E-state index is -4.21. The molecule has 0 fully saturated rings. The van der Waals surface area contributed by atoms with Crippen LogP contribution in [0.4, 0.5) is 5.69 Å². The second-order valence-corrected chi connectivity index (χ2v) is 8.46. The topological polar surface area (TPSA) is 142 Å². The highest BCUT2D eigenvalue weighted by molar-refractivity contribution is 9.10. The maximum absolute atomic E-state index is 12.5. The van der Waals surface area contributed by atoms with E-state index in [2.05, 4.69) is 21.4 Å². The average Bonchev–Trinajstić information content (AvgIpc) is 2.68. The van der Waals surface area contributed by atoms with Gasteiger partial charge < -0.3 is 9.84 Å². The Labute approximate surface area is 173 Å². The summed E-state index contributed by atoms with van der Waals surface area (Å²) in [4.78, 5) is 37.7. The molecule has 2 aromatic rings.